The van der Waals surface area contributed by atoms with Crippen molar-refractivity contribution in [2.45, 2.75) is 25.6 Å². The molecular weight excluding hydrogens is 271 g/mol. The molecule has 0 radical (unpaired) electrons. The van der Waals surface area contributed by atoms with Gasteiger partial charge in [0.2, 0.25) is 0 Å². The van der Waals surface area contributed by atoms with E-state index in [1.165, 1.54) is 6.07 Å². The summed E-state index contributed by atoms with van der Waals surface area (Å²) in [4.78, 5) is 0. The smallest absolute Gasteiger partial charge is 0.419 e. The summed E-state index contributed by atoms with van der Waals surface area (Å²) in [6, 6.07) is 3.97. The summed E-state index contributed by atoms with van der Waals surface area (Å²) >= 11 is 0. The predicted molar refractivity (Wildman–Crippen MR) is 68.4 cm³/mol. The summed E-state index contributed by atoms with van der Waals surface area (Å²) in [7, 11) is 0. The molecular formula is C14H18F3NO2. The Bertz CT molecular complexity index is 443. The van der Waals surface area contributed by atoms with E-state index in [0.29, 0.717) is 18.8 Å². The van der Waals surface area contributed by atoms with Gasteiger partial charge in [-0.1, -0.05) is 6.07 Å². The molecule has 0 amide bonds. The lowest BCUT2D eigenvalue weighted by Crippen LogP contribution is -2.22. The molecule has 0 aromatic heterocycles. The lowest BCUT2D eigenvalue weighted by molar-refractivity contribution is -0.139. The summed E-state index contributed by atoms with van der Waals surface area (Å²) < 4.78 is 49.6. The molecule has 1 aliphatic rings. The first-order valence-electron chi connectivity index (χ1n) is 6.61. The topological polar surface area (TPSA) is 44.5 Å². The number of hydrogen-bond acceptors (Lipinski definition) is 3. The van der Waals surface area contributed by atoms with Crippen molar-refractivity contribution in [2.24, 2.45) is 11.7 Å². The Hall–Kier alpha value is -1.27. The van der Waals surface area contributed by atoms with E-state index >= 15 is 0 Å². The zero-order chi connectivity index (χ0) is 14.6. The van der Waals surface area contributed by atoms with Gasteiger partial charge in [-0.15, -0.1) is 0 Å². The van der Waals surface area contributed by atoms with Gasteiger partial charge in [-0.05, 0) is 36.5 Å². The molecule has 1 heterocycles. The highest BCUT2D eigenvalue weighted by Gasteiger charge is 2.34. The van der Waals surface area contributed by atoms with Gasteiger partial charge in [0, 0.05) is 19.8 Å². The molecule has 1 aliphatic heterocycles. The molecule has 2 N–H and O–H groups in total. The van der Waals surface area contributed by atoms with Gasteiger partial charge in [-0.2, -0.15) is 13.2 Å². The van der Waals surface area contributed by atoms with Crippen molar-refractivity contribution in [3.8, 4) is 5.75 Å². The Morgan fingerprint density at radius 3 is 2.55 bits per heavy atom. The number of halogens is 3. The zero-order valence-corrected chi connectivity index (χ0v) is 11.1. The van der Waals surface area contributed by atoms with Gasteiger partial charge in [0.05, 0.1) is 12.2 Å². The minimum Gasteiger partial charge on any atom is -0.493 e. The van der Waals surface area contributed by atoms with E-state index < -0.39 is 11.7 Å². The van der Waals surface area contributed by atoms with Crippen LogP contribution in [0.1, 0.15) is 24.0 Å². The molecule has 0 unspecified atom stereocenters. The SMILES string of the molecule is NCc1ccc(OCC2CCOCC2)c(C(F)(F)F)c1. The molecule has 6 heteroatoms. The van der Waals surface area contributed by atoms with Crippen LogP contribution in [0.25, 0.3) is 0 Å². The molecule has 1 saturated heterocycles. The fraction of sp³-hybridized carbons (Fsp3) is 0.571. The first kappa shape index (κ1) is 15.1. The van der Waals surface area contributed by atoms with Gasteiger partial charge in [0.15, 0.2) is 0 Å². The standard InChI is InChI=1S/C14H18F3NO2/c15-14(16,17)12-7-11(8-18)1-2-13(12)20-9-10-3-5-19-6-4-10/h1-2,7,10H,3-6,8-9,18H2. The first-order chi connectivity index (χ1) is 9.50. The third-order valence-electron chi connectivity index (χ3n) is 3.40. The van der Waals surface area contributed by atoms with Crippen LogP contribution in [0.4, 0.5) is 13.2 Å². The Morgan fingerprint density at radius 1 is 1.25 bits per heavy atom. The highest BCUT2D eigenvalue weighted by Crippen LogP contribution is 2.37. The van der Waals surface area contributed by atoms with Crippen molar-refractivity contribution in [1.82, 2.24) is 0 Å². The van der Waals surface area contributed by atoms with Crippen molar-refractivity contribution in [2.75, 3.05) is 19.8 Å². The van der Waals surface area contributed by atoms with Crippen LogP contribution in [0, 0.1) is 5.92 Å². The van der Waals surface area contributed by atoms with Crippen LogP contribution < -0.4 is 10.5 Å². The molecule has 3 nitrogen and oxygen atoms in total. The minimum absolute atomic E-state index is 0.0727. The maximum absolute atomic E-state index is 13.0. The second kappa shape index (κ2) is 6.45. The van der Waals surface area contributed by atoms with Crippen LogP contribution >= 0.6 is 0 Å². The van der Waals surface area contributed by atoms with Gasteiger partial charge < -0.3 is 15.2 Å². The second-order valence-corrected chi connectivity index (χ2v) is 4.90. The molecule has 1 aromatic carbocycles. The van der Waals surface area contributed by atoms with E-state index in [1.54, 1.807) is 6.07 Å². The van der Waals surface area contributed by atoms with Crippen molar-refractivity contribution < 1.29 is 22.6 Å². The fourth-order valence-electron chi connectivity index (χ4n) is 2.17. The number of benzene rings is 1. The molecule has 20 heavy (non-hydrogen) atoms. The normalized spacial score (nSPS) is 17.2. The van der Waals surface area contributed by atoms with Gasteiger partial charge in [0.1, 0.15) is 5.75 Å². The highest BCUT2D eigenvalue weighted by molar-refractivity contribution is 5.39. The van der Waals surface area contributed by atoms with Crippen molar-refractivity contribution in [1.29, 1.82) is 0 Å². The number of alkyl halides is 3. The van der Waals surface area contributed by atoms with E-state index in [9.17, 15) is 13.2 Å². The monoisotopic (exact) mass is 289 g/mol. The van der Waals surface area contributed by atoms with Crippen LogP contribution in [0.15, 0.2) is 18.2 Å². The third kappa shape index (κ3) is 3.86. The Balaban J connectivity index is 2.09. The number of hydrogen-bond donors (Lipinski definition) is 1. The molecule has 1 aromatic rings. The van der Waals surface area contributed by atoms with Crippen LogP contribution in [0.2, 0.25) is 0 Å². The van der Waals surface area contributed by atoms with E-state index in [1.807, 2.05) is 0 Å². The molecule has 1 fully saturated rings. The predicted octanol–water partition coefficient (Wildman–Crippen LogP) is 2.97. The molecule has 2 rings (SSSR count). The lowest BCUT2D eigenvalue weighted by atomic mass is 10.0. The molecule has 0 saturated carbocycles. The summed E-state index contributed by atoms with van der Waals surface area (Å²) in [5, 5.41) is 0. The summed E-state index contributed by atoms with van der Waals surface area (Å²) in [6.07, 6.45) is -2.79. The van der Waals surface area contributed by atoms with E-state index in [2.05, 4.69) is 0 Å². The van der Waals surface area contributed by atoms with Crippen molar-refractivity contribution in [3.05, 3.63) is 29.3 Å². The number of ether oxygens (including phenoxy) is 2. The summed E-state index contributed by atoms with van der Waals surface area (Å²) in [5.74, 6) is 0.125. The molecule has 0 spiro atoms. The van der Waals surface area contributed by atoms with Crippen molar-refractivity contribution >= 4 is 0 Å². The first-order valence-corrected chi connectivity index (χ1v) is 6.61. The molecule has 0 aliphatic carbocycles. The van der Waals surface area contributed by atoms with Crippen LogP contribution in [-0.4, -0.2) is 19.8 Å². The maximum atomic E-state index is 13.0. The van der Waals surface area contributed by atoms with Gasteiger partial charge in [0.25, 0.3) is 0 Å². The number of rotatable bonds is 4. The van der Waals surface area contributed by atoms with Gasteiger partial charge in [-0.3, -0.25) is 0 Å². The zero-order valence-electron chi connectivity index (χ0n) is 11.1. The third-order valence-corrected chi connectivity index (χ3v) is 3.40. The minimum atomic E-state index is -4.43. The van der Waals surface area contributed by atoms with Crippen LogP contribution in [0.5, 0.6) is 5.75 Å². The van der Waals surface area contributed by atoms with Crippen LogP contribution in [0.3, 0.4) is 0 Å². The quantitative estimate of drug-likeness (QED) is 0.926. The Kier molecular flexibility index (Phi) is 4.88. The average Bonchev–Trinajstić information content (AvgIpc) is 2.45. The summed E-state index contributed by atoms with van der Waals surface area (Å²) in [5.41, 5.74) is 5.06. The maximum Gasteiger partial charge on any atom is 0.419 e. The average molecular weight is 289 g/mol. The fourth-order valence-corrected chi connectivity index (χ4v) is 2.17. The molecule has 0 bridgehead atoms. The van der Waals surface area contributed by atoms with E-state index in [-0.39, 0.29) is 24.8 Å². The second-order valence-electron chi connectivity index (χ2n) is 4.90. The Morgan fingerprint density at radius 2 is 1.95 bits per heavy atom. The van der Waals surface area contributed by atoms with Gasteiger partial charge >= 0.3 is 6.18 Å². The largest absolute Gasteiger partial charge is 0.493 e. The highest BCUT2D eigenvalue weighted by atomic mass is 19.4. The molecule has 112 valence electrons. The molecule has 0 atom stereocenters. The lowest BCUT2D eigenvalue weighted by Gasteiger charge is -2.23. The Labute approximate surface area is 115 Å². The number of nitrogens with two attached hydrogens (primary N) is 1. The van der Waals surface area contributed by atoms with E-state index in [0.717, 1.165) is 18.9 Å². The summed E-state index contributed by atoms with van der Waals surface area (Å²) in [6.45, 7) is 1.65. The van der Waals surface area contributed by atoms with Crippen molar-refractivity contribution in [3.63, 3.8) is 0 Å². The van der Waals surface area contributed by atoms with Gasteiger partial charge in [-0.25, -0.2) is 0 Å². The van der Waals surface area contributed by atoms with Crippen LogP contribution in [-0.2, 0) is 17.5 Å². The van der Waals surface area contributed by atoms with E-state index in [4.69, 9.17) is 15.2 Å².